The molecule has 4 heteroatoms. The van der Waals surface area contributed by atoms with Gasteiger partial charge in [-0.15, -0.1) is 22.7 Å². The van der Waals surface area contributed by atoms with Crippen molar-refractivity contribution in [2.24, 2.45) is 0 Å². The molecule has 0 aliphatic carbocycles. The highest BCUT2D eigenvalue weighted by Crippen LogP contribution is 2.33. The number of nitrogens with zero attached hydrogens (tertiary/aromatic N) is 1. The van der Waals surface area contributed by atoms with E-state index in [1.807, 2.05) is 0 Å². The van der Waals surface area contributed by atoms with Crippen LogP contribution in [0.2, 0.25) is 0 Å². The number of aromatic nitrogens is 1. The minimum Gasteiger partial charge on any atom is -0.339 e. The van der Waals surface area contributed by atoms with Gasteiger partial charge >= 0.3 is 0 Å². The second kappa shape index (κ2) is 6.07. The van der Waals surface area contributed by atoms with Gasteiger partial charge in [0.15, 0.2) is 0 Å². The van der Waals surface area contributed by atoms with Gasteiger partial charge in [-0.3, -0.25) is 0 Å². The minimum atomic E-state index is 1.04. The second-order valence-corrected chi connectivity index (χ2v) is 6.94. The number of halogens is 1. The van der Waals surface area contributed by atoms with E-state index in [1.165, 1.54) is 21.1 Å². The molecule has 0 amide bonds. The predicted molar refractivity (Wildman–Crippen MR) is 89.5 cm³/mol. The van der Waals surface area contributed by atoms with Gasteiger partial charge in [-0.25, -0.2) is 0 Å². The molecule has 0 N–H and O–H groups in total. The van der Waals surface area contributed by atoms with Crippen molar-refractivity contribution in [3.05, 3.63) is 47.2 Å². The van der Waals surface area contributed by atoms with E-state index in [4.69, 9.17) is 0 Å². The minimum absolute atomic E-state index is 1.04. The van der Waals surface area contributed by atoms with Crippen LogP contribution >= 0.6 is 38.6 Å². The molecular formula is C15H14BrNS2. The summed E-state index contributed by atoms with van der Waals surface area (Å²) in [5.41, 5.74) is 2.67. The van der Waals surface area contributed by atoms with E-state index in [-0.39, 0.29) is 0 Å². The van der Waals surface area contributed by atoms with Crippen molar-refractivity contribution in [2.75, 3.05) is 5.33 Å². The molecule has 3 rings (SSSR count). The van der Waals surface area contributed by atoms with Crippen molar-refractivity contribution in [1.82, 2.24) is 4.57 Å². The van der Waals surface area contributed by atoms with Crippen LogP contribution in [-0.2, 0) is 6.54 Å². The van der Waals surface area contributed by atoms with Crippen LogP contribution in [0.4, 0.5) is 0 Å². The van der Waals surface area contributed by atoms with Crippen molar-refractivity contribution in [1.29, 1.82) is 0 Å². The summed E-state index contributed by atoms with van der Waals surface area (Å²) in [5, 5.41) is 5.32. The molecule has 0 unspecified atom stereocenters. The maximum absolute atomic E-state index is 3.53. The molecule has 0 saturated heterocycles. The van der Waals surface area contributed by atoms with Crippen molar-refractivity contribution >= 4 is 38.6 Å². The third-order valence-corrected chi connectivity index (χ3v) is 5.39. The molecule has 19 heavy (non-hydrogen) atoms. The Balaban J connectivity index is 2.05. The van der Waals surface area contributed by atoms with E-state index in [9.17, 15) is 0 Å². The molecular weight excluding hydrogens is 338 g/mol. The van der Waals surface area contributed by atoms with Gasteiger partial charge in [0.1, 0.15) is 0 Å². The fourth-order valence-corrected chi connectivity index (χ4v) is 3.98. The molecule has 3 aromatic heterocycles. The zero-order valence-electron chi connectivity index (χ0n) is 10.4. The van der Waals surface area contributed by atoms with E-state index in [0.29, 0.717) is 0 Å². The Hall–Kier alpha value is -0.840. The standard InChI is InChI=1S/C15H14BrNS2/c16-8-3-9-17-12(14-4-1-10-18-14)6-7-13(17)15-5-2-11-19-15/h1-2,4-7,10-11H,3,8-9H2. The molecule has 0 aromatic carbocycles. The molecule has 0 radical (unpaired) electrons. The summed E-state index contributed by atoms with van der Waals surface area (Å²) in [6.07, 6.45) is 1.14. The molecule has 0 bridgehead atoms. The van der Waals surface area contributed by atoms with E-state index in [0.717, 1.165) is 18.3 Å². The average Bonchev–Trinajstić information content (AvgIpc) is 3.15. The highest BCUT2D eigenvalue weighted by Gasteiger charge is 2.12. The number of hydrogen-bond donors (Lipinski definition) is 0. The summed E-state index contributed by atoms with van der Waals surface area (Å²) in [6, 6.07) is 13.1. The normalized spacial score (nSPS) is 11.0. The zero-order valence-corrected chi connectivity index (χ0v) is 13.6. The molecule has 0 aliphatic heterocycles. The maximum Gasteiger partial charge on any atom is 0.0586 e. The molecule has 0 saturated carbocycles. The highest BCUT2D eigenvalue weighted by molar-refractivity contribution is 9.09. The van der Waals surface area contributed by atoms with Gasteiger partial charge in [0, 0.05) is 11.9 Å². The van der Waals surface area contributed by atoms with Gasteiger partial charge < -0.3 is 4.57 Å². The number of rotatable bonds is 5. The van der Waals surface area contributed by atoms with E-state index < -0.39 is 0 Å². The molecule has 0 fully saturated rings. The summed E-state index contributed by atoms with van der Waals surface area (Å²) in [6.45, 7) is 1.05. The Morgan fingerprint density at radius 3 is 1.89 bits per heavy atom. The monoisotopic (exact) mass is 351 g/mol. The molecule has 3 aromatic rings. The quantitative estimate of drug-likeness (QED) is 0.517. The lowest BCUT2D eigenvalue weighted by Crippen LogP contribution is -2.01. The second-order valence-electron chi connectivity index (χ2n) is 4.25. The predicted octanol–water partition coefficient (Wildman–Crippen LogP) is 5.73. The summed E-state index contributed by atoms with van der Waals surface area (Å²) >= 11 is 7.14. The fraction of sp³-hybridized carbons (Fsp3) is 0.200. The lowest BCUT2D eigenvalue weighted by molar-refractivity contribution is 0.704. The molecule has 0 spiro atoms. The first-order chi connectivity index (χ1) is 9.40. The summed E-state index contributed by atoms with van der Waals surface area (Å²) in [4.78, 5) is 2.69. The van der Waals surface area contributed by atoms with Crippen molar-refractivity contribution in [3.8, 4) is 21.1 Å². The van der Waals surface area contributed by atoms with Gasteiger partial charge in [-0.1, -0.05) is 28.1 Å². The van der Waals surface area contributed by atoms with E-state index >= 15 is 0 Å². The summed E-state index contributed by atoms with van der Waals surface area (Å²) < 4.78 is 2.44. The van der Waals surface area contributed by atoms with Crippen LogP contribution in [0.15, 0.2) is 47.2 Å². The largest absolute Gasteiger partial charge is 0.339 e. The first kappa shape index (κ1) is 13.2. The van der Waals surface area contributed by atoms with Gasteiger partial charge in [0.25, 0.3) is 0 Å². The third kappa shape index (κ3) is 2.71. The molecule has 0 aliphatic rings. The Morgan fingerprint density at radius 2 is 1.47 bits per heavy atom. The van der Waals surface area contributed by atoms with Crippen LogP contribution in [0.3, 0.4) is 0 Å². The van der Waals surface area contributed by atoms with Crippen molar-refractivity contribution in [3.63, 3.8) is 0 Å². The van der Waals surface area contributed by atoms with E-state index in [1.54, 1.807) is 22.7 Å². The third-order valence-electron chi connectivity index (χ3n) is 3.04. The first-order valence-electron chi connectivity index (χ1n) is 6.23. The SMILES string of the molecule is BrCCCn1c(-c2cccs2)ccc1-c1cccs1. The fourth-order valence-electron chi connectivity index (χ4n) is 2.21. The molecule has 3 heterocycles. The highest BCUT2D eigenvalue weighted by atomic mass is 79.9. The van der Waals surface area contributed by atoms with E-state index in [2.05, 4.69) is 67.7 Å². The number of alkyl halides is 1. The summed E-state index contributed by atoms with van der Waals surface area (Å²) in [5.74, 6) is 0. The topological polar surface area (TPSA) is 4.93 Å². The average molecular weight is 352 g/mol. The van der Waals surface area contributed by atoms with Gasteiger partial charge in [-0.2, -0.15) is 0 Å². The Bertz CT molecular complexity index is 571. The molecule has 0 atom stereocenters. The smallest absolute Gasteiger partial charge is 0.0586 e. The number of hydrogen-bond acceptors (Lipinski definition) is 2. The zero-order chi connectivity index (χ0) is 13.1. The Labute approximate surface area is 129 Å². The number of thiophene rings is 2. The van der Waals surface area contributed by atoms with Crippen LogP contribution in [0.5, 0.6) is 0 Å². The lowest BCUT2D eigenvalue weighted by atomic mass is 10.3. The van der Waals surface area contributed by atoms with Gasteiger partial charge in [0.2, 0.25) is 0 Å². The first-order valence-corrected chi connectivity index (χ1v) is 9.11. The van der Waals surface area contributed by atoms with Crippen LogP contribution in [-0.4, -0.2) is 9.90 Å². The Kier molecular flexibility index (Phi) is 4.21. The van der Waals surface area contributed by atoms with Gasteiger partial charge in [-0.05, 0) is 41.4 Å². The lowest BCUT2D eigenvalue weighted by Gasteiger charge is -2.11. The van der Waals surface area contributed by atoms with Crippen LogP contribution < -0.4 is 0 Å². The van der Waals surface area contributed by atoms with Crippen LogP contribution in [0, 0.1) is 0 Å². The van der Waals surface area contributed by atoms with Crippen molar-refractivity contribution in [2.45, 2.75) is 13.0 Å². The van der Waals surface area contributed by atoms with Crippen LogP contribution in [0.25, 0.3) is 21.1 Å². The maximum atomic E-state index is 3.53. The Morgan fingerprint density at radius 1 is 0.895 bits per heavy atom. The molecule has 1 nitrogen and oxygen atoms in total. The van der Waals surface area contributed by atoms with Crippen molar-refractivity contribution < 1.29 is 0 Å². The van der Waals surface area contributed by atoms with Gasteiger partial charge in [0.05, 0.1) is 21.1 Å². The van der Waals surface area contributed by atoms with Crippen LogP contribution in [0.1, 0.15) is 6.42 Å². The molecule has 98 valence electrons. The summed E-state index contributed by atoms with van der Waals surface area (Å²) in [7, 11) is 0.